The third-order valence-electron chi connectivity index (χ3n) is 5.14. The zero-order valence-electron chi connectivity index (χ0n) is 18.0. The summed E-state index contributed by atoms with van der Waals surface area (Å²) in [6, 6.07) is 9.61. The normalized spacial score (nSPS) is 11.2. The second-order valence-electron chi connectivity index (χ2n) is 7.41. The zero-order chi connectivity index (χ0) is 22.1. The number of nitrogens with one attached hydrogen (secondary N) is 1. The SMILES string of the molecule is CCN(CC)C(=O)Cn1ccc2cc(NC(=O)c3cc4sc(N(C)C)nc4s3)ccc21. The average molecular weight is 456 g/mol. The molecule has 0 atom stereocenters. The van der Waals surface area contributed by atoms with Gasteiger partial charge in [-0.15, -0.1) is 11.3 Å². The third kappa shape index (κ3) is 4.28. The minimum atomic E-state index is -0.142. The van der Waals surface area contributed by atoms with Crippen LogP contribution in [0, 0.1) is 0 Å². The minimum absolute atomic E-state index is 0.101. The van der Waals surface area contributed by atoms with E-state index >= 15 is 0 Å². The van der Waals surface area contributed by atoms with Crippen LogP contribution in [0.25, 0.3) is 20.4 Å². The number of aromatic nitrogens is 2. The molecule has 1 aromatic carbocycles. The quantitative estimate of drug-likeness (QED) is 0.445. The standard InChI is InChI=1S/C22H25N5O2S2/c1-5-26(6-2)19(28)13-27-10-9-14-11-15(7-8-16(14)27)23-20(29)17-12-18-21(30-17)24-22(31-18)25(3)4/h7-12H,5-6,13H2,1-4H3,(H,23,29). The lowest BCUT2D eigenvalue weighted by Gasteiger charge is -2.19. The van der Waals surface area contributed by atoms with Crippen LogP contribution in [-0.2, 0) is 11.3 Å². The molecule has 4 aromatic rings. The topological polar surface area (TPSA) is 70.5 Å². The van der Waals surface area contributed by atoms with E-state index in [4.69, 9.17) is 0 Å². The molecule has 0 unspecified atom stereocenters. The first-order valence-electron chi connectivity index (χ1n) is 10.1. The molecular weight excluding hydrogens is 430 g/mol. The van der Waals surface area contributed by atoms with E-state index in [0.29, 0.717) is 24.5 Å². The van der Waals surface area contributed by atoms with E-state index in [1.165, 1.54) is 11.3 Å². The van der Waals surface area contributed by atoms with Crippen molar-refractivity contribution < 1.29 is 9.59 Å². The molecule has 9 heteroatoms. The van der Waals surface area contributed by atoms with Crippen LogP contribution in [0.4, 0.5) is 10.8 Å². The smallest absolute Gasteiger partial charge is 0.265 e. The summed E-state index contributed by atoms with van der Waals surface area (Å²) in [7, 11) is 3.91. The molecule has 0 saturated carbocycles. The Hall–Kier alpha value is -2.91. The number of hydrogen-bond donors (Lipinski definition) is 1. The molecule has 3 heterocycles. The number of thiazole rings is 1. The Morgan fingerprint density at radius 2 is 1.87 bits per heavy atom. The van der Waals surface area contributed by atoms with Crippen molar-refractivity contribution in [2.24, 2.45) is 0 Å². The molecule has 0 radical (unpaired) electrons. The van der Waals surface area contributed by atoms with Gasteiger partial charge in [0.2, 0.25) is 5.91 Å². The second kappa shape index (κ2) is 8.68. The van der Waals surface area contributed by atoms with Gasteiger partial charge in [0.15, 0.2) is 5.13 Å². The summed E-state index contributed by atoms with van der Waals surface area (Å²) in [4.78, 5) is 35.0. The molecule has 7 nitrogen and oxygen atoms in total. The molecule has 0 aliphatic heterocycles. The van der Waals surface area contributed by atoms with Crippen molar-refractivity contribution in [2.45, 2.75) is 20.4 Å². The maximum atomic E-state index is 12.7. The Morgan fingerprint density at radius 3 is 2.55 bits per heavy atom. The van der Waals surface area contributed by atoms with Crippen molar-refractivity contribution in [1.82, 2.24) is 14.5 Å². The van der Waals surface area contributed by atoms with E-state index in [2.05, 4.69) is 10.3 Å². The van der Waals surface area contributed by atoms with Gasteiger partial charge >= 0.3 is 0 Å². The van der Waals surface area contributed by atoms with Gasteiger partial charge in [-0.25, -0.2) is 4.98 Å². The molecule has 0 saturated heterocycles. The van der Waals surface area contributed by atoms with Gasteiger partial charge in [0.05, 0.1) is 9.58 Å². The monoisotopic (exact) mass is 455 g/mol. The third-order valence-corrected chi connectivity index (χ3v) is 7.46. The molecule has 31 heavy (non-hydrogen) atoms. The lowest BCUT2D eigenvalue weighted by molar-refractivity contribution is -0.131. The predicted molar refractivity (Wildman–Crippen MR) is 130 cm³/mol. The summed E-state index contributed by atoms with van der Waals surface area (Å²) in [5.74, 6) is -0.0410. The molecule has 0 aliphatic rings. The highest BCUT2D eigenvalue weighted by atomic mass is 32.1. The molecule has 0 fully saturated rings. The summed E-state index contributed by atoms with van der Waals surface area (Å²) < 4.78 is 2.97. The first kappa shape index (κ1) is 21.3. The van der Waals surface area contributed by atoms with Crippen LogP contribution in [0.3, 0.4) is 0 Å². The summed E-state index contributed by atoms with van der Waals surface area (Å²) in [6.45, 7) is 5.69. The first-order valence-corrected chi connectivity index (χ1v) is 11.8. The molecule has 0 bridgehead atoms. The molecule has 0 spiro atoms. The van der Waals surface area contributed by atoms with Crippen LogP contribution in [0.15, 0.2) is 36.5 Å². The highest BCUT2D eigenvalue weighted by Gasteiger charge is 2.16. The second-order valence-corrected chi connectivity index (χ2v) is 9.45. The van der Waals surface area contributed by atoms with Crippen LogP contribution in [0.2, 0.25) is 0 Å². The lowest BCUT2D eigenvalue weighted by atomic mass is 10.2. The van der Waals surface area contributed by atoms with Crippen LogP contribution >= 0.6 is 22.7 Å². The Morgan fingerprint density at radius 1 is 1.10 bits per heavy atom. The van der Waals surface area contributed by atoms with Gasteiger partial charge in [-0.2, -0.15) is 0 Å². The Kier molecular flexibility index (Phi) is 5.97. The van der Waals surface area contributed by atoms with Crippen LogP contribution in [-0.4, -0.2) is 53.5 Å². The highest BCUT2D eigenvalue weighted by Crippen LogP contribution is 2.34. The summed E-state index contributed by atoms with van der Waals surface area (Å²) in [6.07, 6.45) is 1.92. The van der Waals surface area contributed by atoms with E-state index in [0.717, 1.165) is 31.3 Å². The van der Waals surface area contributed by atoms with Gasteiger partial charge in [0, 0.05) is 50.0 Å². The van der Waals surface area contributed by atoms with E-state index in [1.807, 2.05) is 78.8 Å². The van der Waals surface area contributed by atoms with Crippen molar-refractivity contribution in [3.63, 3.8) is 0 Å². The Balaban J connectivity index is 1.49. The number of fused-ring (bicyclic) bond motifs is 2. The van der Waals surface area contributed by atoms with E-state index < -0.39 is 0 Å². The van der Waals surface area contributed by atoms with Gasteiger partial charge in [0.25, 0.3) is 5.91 Å². The van der Waals surface area contributed by atoms with E-state index in [1.54, 1.807) is 11.3 Å². The maximum absolute atomic E-state index is 12.7. The van der Waals surface area contributed by atoms with Gasteiger partial charge in [-0.3, -0.25) is 9.59 Å². The molecule has 162 valence electrons. The van der Waals surface area contributed by atoms with Gasteiger partial charge in [-0.1, -0.05) is 11.3 Å². The number of likely N-dealkylation sites (N-methyl/N-ethyl adjacent to an activating group) is 1. The number of nitrogens with zero attached hydrogens (tertiary/aromatic N) is 4. The maximum Gasteiger partial charge on any atom is 0.265 e. The van der Waals surface area contributed by atoms with Crippen LogP contribution in [0.5, 0.6) is 0 Å². The van der Waals surface area contributed by atoms with E-state index in [9.17, 15) is 9.59 Å². The van der Waals surface area contributed by atoms with Crippen molar-refractivity contribution in [2.75, 3.05) is 37.4 Å². The molecule has 4 rings (SSSR count). The van der Waals surface area contributed by atoms with E-state index in [-0.39, 0.29) is 11.8 Å². The van der Waals surface area contributed by atoms with Crippen LogP contribution in [0.1, 0.15) is 23.5 Å². The Bertz CT molecular complexity index is 1220. The number of benzene rings is 1. The number of carbonyl (C=O) groups is 2. The molecular formula is C22H25N5O2S2. The average Bonchev–Trinajstić information content (AvgIpc) is 3.42. The van der Waals surface area contributed by atoms with Crippen molar-refractivity contribution >= 4 is 65.7 Å². The number of rotatable bonds is 7. The summed E-state index contributed by atoms with van der Waals surface area (Å²) in [5, 5.41) is 4.89. The van der Waals surface area contributed by atoms with Crippen LogP contribution < -0.4 is 10.2 Å². The number of thiophene rings is 1. The molecule has 3 aromatic heterocycles. The predicted octanol–water partition coefficient (Wildman–Crippen LogP) is 4.50. The van der Waals surface area contributed by atoms with Crippen molar-refractivity contribution in [3.8, 4) is 0 Å². The van der Waals surface area contributed by atoms with Crippen molar-refractivity contribution in [3.05, 3.63) is 41.4 Å². The minimum Gasteiger partial charge on any atom is -0.354 e. The highest BCUT2D eigenvalue weighted by molar-refractivity contribution is 7.29. The molecule has 1 N–H and O–H groups in total. The number of hydrogen-bond acceptors (Lipinski definition) is 6. The fourth-order valence-electron chi connectivity index (χ4n) is 3.46. The van der Waals surface area contributed by atoms with Gasteiger partial charge in [-0.05, 0) is 44.2 Å². The van der Waals surface area contributed by atoms with Crippen molar-refractivity contribution in [1.29, 1.82) is 0 Å². The number of amides is 2. The fraction of sp³-hybridized carbons (Fsp3) is 0.318. The Labute approximate surface area is 188 Å². The molecule has 0 aliphatic carbocycles. The van der Waals surface area contributed by atoms with Gasteiger partial charge < -0.3 is 19.7 Å². The summed E-state index contributed by atoms with van der Waals surface area (Å²) >= 11 is 2.97. The first-order chi connectivity index (χ1) is 14.9. The molecule has 2 amide bonds. The zero-order valence-corrected chi connectivity index (χ0v) is 19.6. The lowest BCUT2D eigenvalue weighted by Crippen LogP contribution is -2.33. The van der Waals surface area contributed by atoms with Gasteiger partial charge in [0.1, 0.15) is 11.4 Å². The number of anilines is 2. The number of carbonyl (C=O) groups excluding carboxylic acids is 2. The summed E-state index contributed by atoms with van der Waals surface area (Å²) in [5.41, 5.74) is 1.69. The fourth-order valence-corrected chi connectivity index (χ4v) is 5.49. The largest absolute Gasteiger partial charge is 0.354 e.